The van der Waals surface area contributed by atoms with Crippen LogP contribution in [0.15, 0.2) is 75.9 Å². The molecule has 0 radical (unpaired) electrons. The molecule has 1 aromatic heterocycles. The van der Waals surface area contributed by atoms with Crippen molar-refractivity contribution in [2.45, 2.75) is 70.4 Å². The van der Waals surface area contributed by atoms with Gasteiger partial charge in [-0.05, 0) is 73.6 Å². The van der Waals surface area contributed by atoms with Gasteiger partial charge in [-0.1, -0.05) is 51.1 Å². The highest BCUT2D eigenvalue weighted by Crippen LogP contribution is 2.59. The summed E-state index contributed by atoms with van der Waals surface area (Å²) >= 11 is 0. The summed E-state index contributed by atoms with van der Waals surface area (Å²) in [6.07, 6.45) is 4.83. The number of phenolic OH excluding ortho intramolecular Hbond substituents is 1. The van der Waals surface area contributed by atoms with E-state index in [-0.39, 0.29) is 39.7 Å². The number of nitrogens with one attached hydrogen (secondary N) is 1. The first-order chi connectivity index (χ1) is 27.1. The molecule has 3 heterocycles. The summed E-state index contributed by atoms with van der Waals surface area (Å²) in [4.78, 5) is 54.5. The summed E-state index contributed by atoms with van der Waals surface area (Å²) in [5.74, 6) is -0.281. The molecule has 2 unspecified atom stereocenters. The topological polar surface area (TPSA) is 178 Å². The third-order valence-electron chi connectivity index (χ3n) is 12.3. The number of aryl methyl sites for hydroxylation is 2. The van der Waals surface area contributed by atoms with Gasteiger partial charge in [-0.3, -0.25) is 19.6 Å². The number of carbonyl (C=O) groups excluding carboxylic acids is 1. The van der Waals surface area contributed by atoms with Crippen LogP contribution in [0.3, 0.4) is 0 Å². The lowest BCUT2D eigenvalue weighted by molar-refractivity contribution is -0.385. The largest absolute Gasteiger partial charge is 0.502 e. The van der Waals surface area contributed by atoms with E-state index in [0.717, 1.165) is 62.8 Å². The highest BCUT2D eigenvalue weighted by Gasteiger charge is 2.65. The summed E-state index contributed by atoms with van der Waals surface area (Å²) in [5, 5.41) is 32.8. The number of hydrogen-bond donors (Lipinski definition) is 3. The third-order valence-corrected chi connectivity index (χ3v) is 12.3. The first-order valence-electron chi connectivity index (χ1n) is 19.8. The van der Waals surface area contributed by atoms with E-state index in [0.29, 0.717) is 49.9 Å². The van der Waals surface area contributed by atoms with Gasteiger partial charge >= 0.3 is 23.6 Å². The smallest absolute Gasteiger partial charge is 0.419 e. The van der Waals surface area contributed by atoms with Crippen LogP contribution < -0.4 is 20.9 Å². The van der Waals surface area contributed by atoms with E-state index in [1.54, 1.807) is 13.1 Å². The Kier molecular flexibility index (Phi) is 10.6. The lowest BCUT2D eigenvalue weighted by Crippen LogP contribution is -2.61. The number of fused-ring (bicyclic) bond motifs is 1. The van der Waals surface area contributed by atoms with Crippen molar-refractivity contribution in [3.05, 3.63) is 93.0 Å². The summed E-state index contributed by atoms with van der Waals surface area (Å²) < 4.78 is 6.96. The van der Waals surface area contributed by atoms with Crippen molar-refractivity contribution in [3.8, 4) is 5.75 Å². The van der Waals surface area contributed by atoms with Crippen molar-refractivity contribution in [1.82, 2.24) is 19.7 Å². The van der Waals surface area contributed by atoms with Gasteiger partial charge in [0.15, 0.2) is 11.3 Å². The SMILES string of the molecule is Cn1c(=O)oc2cc(N3CCN(C(=O)NCCCCc4ccccc4)C4(CC4C(C)(C)C)C3)ccc21.O=C(O)N1CCN(c2ccc([N+](=O)[O-])c(O)c2)CC12CC2. The molecule has 304 valence electrons. The van der Waals surface area contributed by atoms with Gasteiger partial charge in [-0.25, -0.2) is 14.4 Å². The Bertz CT molecular complexity index is 2190. The number of phenols is 1. The molecule has 15 nitrogen and oxygen atoms in total. The molecule has 2 spiro atoms. The third kappa shape index (κ3) is 8.10. The van der Waals surface area contributed by atoms with Gasteiger partial charge in [0.1, 0.15) is 0 Å². The molecule has 2 saturated carbocycles. The van der Waals surface area contributed by atoms with E-state index >= 15 is 0 Å². The quantitative estimate of drug-likeness (QED) is 0.103. The van der Waals surface area contributed by atoms with E-state index in [4.69, 9.17) is 4.42 Å². The van der Waals surface area contributed by atoms with E-state index in [2.05, 4.69) is 66.2 Å². The second-order valence-corrected chi connectivity index (χ2v) is 17.1. The number of hydrogen-bond acceptors (Lipinski definition) is 9. The molecule has 57 heavy (non-hydrogen) atoms. The molecule has 3 amide bonds. The summed E-state index contributed by atoms with van der Waals surface area (Å²) in [5.41, 5.74) is 3.75. The van der Waals surface area contributed by atoms with E-state index in [1.165, 1.54) is 27.2 Å². The Morgan fingerprint density at radius 2 is 1.60 bits per heavy atom. The molecular formula is C42H53N7O8. The minimum absolute atomic E-state index is 0.0608. The molecule has 2 saturated heterocycles. The fourth-order valence-electron chi connectivity index (χ4n) is 8.98. The lowest BCUT2D eigenvalue weighted by Gasteiger charge is -2.45. The Hall–Kier alpha value is -5.73. The number of oxazole rings is 1. The van der Waals surface area contributed by atoms with Crippen LogP contribution in [0, 0.1) is 21.4 Å². The number of carboxylic acid groups (broad SMARTS) is 1. The highest BCUT2D eigenvalue weighted by atomic mass is 16.6. The Labute approximate surface area is 331 Å². The zero-order chi connectivity index (χ0) is 40.7. The standard InChI is InChI=1S/C29H38N4O3.C13H15N3O5/c1-28(2,3)25-19-29(25)20-32(22-13-14-23-24(18-22)36-27(35)31(23)4)16-17-33(29)26(34)30-15-9-8-12-21-10-6-5-7-11-21;17-11-7-9(1-2-10(11)16(20)21)14-5-6-15(12(18)19)13(8-14)3-4-13/h5-7,10-11,13-14,18,25H,8-9,12,15-17,19-20H2,1-4H3,(H,30,34);1-2,7,17H,3-6,8H2,(H,18,19). The Balaban J connectivity index is 0.000000200. The van der Waals surface area contributed by atoms with Gasteiger partial charge in [0.25, 0.3) is 0 Å². The minimum Gasteiger partial charge on any atom is -0.502 e. The molecule has 4 aliphatic rings. The molecule has 2 atom stereocenters. The zero-order valence-electron chi connectivity index (χ0n) is 33.1. The Morgan fingerprint density at radius 3 is 2.23 bits per heavy atom. The first-order valence-corrected chi connectivity index (χ1v) is 19.8. The van der Waals surface area contributed by atoms with E-state index in [9.17, 15) is 34.7 Å². The number of nitro benzene ring substituents is 1. The lowest BCUT2D eigenvalue weighted by atomic mass is 9.86. The van der Waals surface area contributed by atoms with Crippen LogP contribution in [0.4, 0.5) is 26.7 Å². The van der Waals surface area contributed by atoms with Crippen LogP contribution >= 0.6 is 0 Å². The van der Waals surface area contributed by atoms with Gasteiger partial charge in [0.2, 0.25) is 0 Å². The normalized spacial score (nSPS) is 21.0. The fraction of sp³-hybridized carbons (Fsp3) is 0.500. The second-order valence-electron chi connectivity index (χ2n) is 17.1. The van der Waals surface area contributed by atoms with Crippen molar-refractivity contribution in [2.75, 3.05) is 55.6 Å². The van der Waals surface area contributed by atoms with Crippen molar-refractivity contribution < 1.29 is 29.1 Å². The van der Waals surface area contributed by atoms with Crippen LogP contribution in [0.2, 0.25) is 0 Å². The maximum Gasteiger partial charge on any atom is 0.419 e. The molecule has 2 aliphatic carbocycles. The number of carbonyl (C=O) groups is 2. The van der Waals surface area contributed by atoms with Crippen molar-refractivity contribution in [2.24, 2.45) is 18.4 Å². The van der Waals surface area contributed by atoms with Gasteiger partial charge < -0.3 is 34.6 Å². The van der Waals surface area contributed by atoms with Gasteiger partial charge in [0, 0.05) is 82.4 Å². The van der Waals surface area contributed by atoms with Crippen LogP contribution in [0.5, 0.6) is 5.75 Å². The van der Waals surface area contributed by atoms with Gasteiger partial charge in [-0.2, -0.15) is 0 Å². The minimum atomic E-state index is -0.904. The molecule has 15 heteroatoms. The molecule has 2 aliphatic heterocycles. The Morgan fingerprint density at radius 1 is 0.930 bits per heavy atom. The number of urea groups is 1. The number of unbranched alkanes of at least 4 members (excludes halogenated alkanes) is 1. The number of piperazine rings is 2. The number of aromatic nitrogens is 1. The maximum atomic E-state index is 13.4. The predicted octanol–water partition coefficient (Wildman–Crippen LogP) is 6.42. The van der Waals surface area contributed by atoms with Crippen LogP contribution in [0.25, 0.3) is 11.1 Å². The number of nitrogens with zero attached hydrogens (tertiary/aromatic N) is 6. The van der Waals surface area contributed by atoms with Crippen LogP contribution in [-0.4, -0.2) is 98.5 Å². The van der Waals surface area contributed by atoms with Crippen LogP contribution in [0.1, 0.15) is 58.4 Å². The van der Waals surface area contributed by atoms with Crippen molar-refractivity contribution >= 4 is 40.3 Å². The average molecular weight is 784 g/mol. The maximum absolute atomic E-state index is 13.4. The monoisotopic (exact) mass is 783 g/mol. The molecule has 3 N–H and O–H groups in total. The number of nitro groups is 1. The molecular weight excluding hydrogens is 731 g/mol. The second kappa shape index (κ2) is 15.3. The number of anilines is 2. The fourth-order valence-corrected chi connectivity index (χ4v) is 8.98. The molecule has 0 bridgehead atoms. The van der Waals surface area contributed by atoms with Crippen LogP contribution in [-0.2, 0) is 13.5 Å². The molecule has 3 aromatic carbocycles. The summed E-state index contributed by atoms with van der Waals surface area (Å²) in [6, 6.07) is 20.8. The first kappa shape index (κ1) is 39.5. The molecule has 8 rings (SSSR count). The number of aromatic hydroxyl groups is 1. The highest BCUT2D eigenvalue weighted by molar-refractivity contribution is 5.79. The average Bonchev–Trinajstić information content (AvgIpc) is 4.09. The number of amides is 3. The summed E-state index contributed by atoms with van der Waals surface area (Å²) in [7, 11) is 1.72. The van der Waals surface area contributed by atoms with E-state index in [1.807, 2.05) is 23.1 Å². The number of benzene rings is 3. The van der Waals surface area contributed by atoms with Crippen molar-refractivity contribution in [3.63, 3.8) is 0 Å². The molecule has 4 fully saturated rings. The predicted molar refractivity (Wildman–Crippen MR) is 217 cm³/mol. The van der Waals surface area contributed by atoms with Gasteiger partial charge in [0.05, 0.1) is 21.5 Å². The zero-order valence-corrected chi connectivity index (χ0v) is 33.1. The van der Waals surface area contributed by atoms with Crippen molar-refractivity contribution in [1.29, 1.82) is 0 Å². The van der Waals surface area contributed by atoms with Gasteiger partial charge in [-0.15, -0.1) is 0 Å². The molecule has 4 aromatic rings. The van der Waals surface area contributed by atoms with E-state index < -0.39 is 11.0 Å². The number of rotatable bonds is 8. The summed E-state index contributed by atoms with van der Waals surface area (Å²) in [6.45, 7) is 11.2.